The number of hydrogen-bond donors (Lipinski definition) is 1. The maximum absolute atomic E-state index is 12.9. The first-order chi connectivity index (χ1) is 14.9. The lowest BCUT2D eigenvalue weighted by molar-refractivity contribution is -0.113. The third-order valence-corrected chi connectivity index (χ3v) is 7.01. The molecule has 1 amide bonds. The third-order valence-electron chi connectivity index (χ3n) is 5.19. The molecular formula is C22H25N5O2S2. The summed E-state index contributed by atoms with van der Waals surface area (Å²) in [5.74, 6) is 0.628. The summed E-state index contributed by atoms with van der Waals surface area (Å²) in [5.41, 5.74) is 4.88. The van der Waals surface area contributed by atoms with Gasteiger partial charge in [0.15, 0.2) is 5.16 Å². The van der Waals surface area contributed by atoms with Crippen molar-refractivity contribution >= 4 is 50.7 Å². The number of hydrogen-bond acceptors (Lipinski definition) is 6. The molecule has 0 aliphatic carbocycles. The number of anilines is 1. The van der Waals surface area contributed by atoms with Gasteiger partial charge in [-0.15, -0.1) is 21.5 Å². The molecule has 0 saturated heterocycles. The summed E-state index contributed by atoms with van der Waals surface area (Å²) in [6, 6.07) is 6.03. The Labute approximate surface area is 188 Å². The Bertz CT molecular complexity index is 1310. The number of aromatic nitrogens is 4. The Balaban J connectivity index is 1.62. The number of nitrogens with zero attached hydrogens (tertiary/aromatic N) is 4. The number of thiophene rings is 1. The first-order valence-electron chi connectivity index (χ1n) is 10.3. The summed E-state index contributed by atoms with van der Waals surface area (Å²) in [5, 5.41) is 14.1. The third kappa shape index (κ3) is 4.12. The highest BCUT2D eigenvalue weighted by molar-refractivity contribution is 7.99. The molecule has 0 atom stereocenters. The number of rotatable bonds is 7. The van der Waals surface area contributed by atoms with E-state index in [1.54, 1.807) is 4.57 Å². The summed E-state index contributed by atoms with van der Waals surface area (Å²) in [6.07, 6.45) is 1.87. The van der Waals surface area contributed by atoms with Crippen LogP contribution >= 0.6 is 23.1 Å². The van der Waals surface area contributed by atoms with E-state index < -0.39 is 0 Å². The van der Waals surface area contributed by atoms with E-state index in [2.05, 4.69) is 34.6 Å². The average Bonchev–Trinajstić information content (AvgIpc) is 3.36. The number of aryl methyl sites for hydroxylation is 4. The van der Waals surface area contributed by atoms with Crippen molar-refractivity contribution in [2.24, 2.45) is 0 Å². The predicted octanol–water partition coefficient (Wildman–Crippen LogP) is 4.56. The summed E-state index contributed by atoms with van der Waals surface area (Å²) in [7, 11) is 0. The van der Waals surface area contributed by atoms with Crippen LogP contribution in [-0.2, 0) is 11.3 Å². The number of benzene rings is 1. The van der Waals surface area contributed by atoms with E-state index in [0.29, 0.717) is 22.2 Å². The minimum Gasteiger partial charge on any atom is -0.325 e. The van der Waals surface area contributed by atoms with Crippen molar-refractivity contribution in [3.63, 3.8) is 0 Å². The largest absolute Gasteiger partial charge is 0.325 e. The van der Waals surface area contributed by atoms with Crippen LogP contribution in [0.3, 0.4) is 0 Å². The Morgan fingerprint density at radius 3 is 2.65 bits per heavy atom. The van der Waals surface area contributed by atoms with Gasteiger partial charge in [0.25, 0.3) is 5.56 Å². The van der Waals surface area contributed by atoms with E-state index in [-0.39, 0.29) is 17.2 Å². The molecule has 0 aliphatic rings. The molecule has 3 aromatic heterocycles. The lowest BCUT2D eigenvalue weighted by Crippen LogP contribution is -2.22. The maximum Gasteiger partial charge on any atom is 0.272 e. The highest BCUT2D eigenvalue weighted by atomic mass is 32.2. The molecule has 31 heavy (non-hydrogen) atoms. The molecule has 1 N–H and O–H groups in total. The fraction of sp³-hybridized carbons (Fsp3) is 0.364. The molecule has 0 fully saturated rings. The van der Waals surface area contributed by atoms with Crippen LogP contribution in [0.25, 0.3) is 16.0 Å². The van der Waals surface area contributed by atoms with Crippen LogP contribution in [0.4, 0.5) is 5.69 Å². The molecule has 4 aromatic rings. The van der Waals surface area contributed by atoms with Gasteiger partial charge in [-0.05, 0) is 49.8 Å². The zero-order valence-electron chi connectivity index (χ0n) is 18.1. The van der Waals surface area contributed by atoms with E-state index >= 15 is 0 Å². The van der Waals surface area contributed by atoms with E-state index in [0.717, 1.165) is 35.2 Å². The molecule has 9 heteroatoms. The van der Waals surface area contributed by atoms with Crippen molar-refractivity contribution in [1.82, 2.24) is 19.2 Å². The highest BCUT2D eigenvalue weighted by Crippen LogP contribution is 2.26. The molecule has 0 unspecified atom stereocenters. The molecule has 0 saturated carbocycles. The second-order valence-electron chi connectivity index (χ2n) is 7.67. The van der Waals surface area contributed by atoms with Gasteiger partial charge in [-0.2, -0.15) is 0 Å². The minimum absolute atomic E-state index is 0.0297. The average molecular weight is 456 g/mol. The zero-order valence-corrected chi connectivity index (χ0v) is 19.7. The fourth-order valence-electron chi connectivity index (χ4n) is 3.79. The molecule has 1 aromatic carbocycles. The first kappa shape index (κ1) is 21.6. The first-order valence-corrected chi connectivity index (χ1v) is 12.1. The summed E-state index contributed by atoms with van der Waals surface area (Å²) < 4.78 is 4.27. The van der Waals surface area contributed by atoms with Crippen LogP contribution in [0.15, 0.2) is 33.5 Å². The number of carbonyl (C=O) groups is 1. The van der Waals surface area contributed by atoms with Crippen LogP contribution in [0.2, 0.25) is 0 Å². The maximum atomic E-state index is 12.9. The Morgan fingerprint density at radius 2 is 1.94 bits per heavy atom. The molecule has 0 bridgehead atoms. The lowest BCUT2D eigenvalue weighted by atomic mass is 10.1. The topological polar surface area (TPSA) is 81.3 Å². The van der Waals surface area contributed by atoms with Gasteiger partial charge >= 0.3 is 0 Å². The number of unbranched alkanes of at least 4 members (excludes halogenated alkanes) is 1. The Hall–Kier alpha value is -2.65. The molecule has 0 radical (unpaired) electrons. The van der Waals surface area contributed by atoms with Crippen LogP contribution < -0.4 is 10.9 Å². The van der Waals surface area contributed by atoms with Crippen molar-refractivity contribution in [3.8, 4) is 0 Å². The zero-order chi connectivity index (χ0) is 22.1. The van der Waals surface area contributed by atoms with Gasteiger partial charge in [0.05, 0.1) is 11.3 Å². The van der Waals surface area contributed by atoms with Gasteiger partial charge < -0.3 is 5.32 Å². The number of carbonyl (C=O) groups excluding carboxylic acids is 1. The number of amides is 1. The van der Waals surface area contributed by atoms with E-state index in [1.807, 2.05) is 36.6 Å². The summed E-state index contributed by atoms with van der Waals surface area (Å²) in [4.78, 5) is 25.6. The van der Waals surface area contributed by atoms with Crippen LogP contribution in [-0.4, -0.2) is 30.8 Å². The molecule has 3 heterocycles. The second-order valence-corrected chi connectivity index (χ2v) is 9.53. The van der Waals surface area contributed by atoms with Gasteiger partial charge in [0.2, 0.25) is 11.7 Å². The van der Waals surface area contributed by atoms with Crippen molar-refractivity contribution in [2.75, 3.05) is 11.1 Å². The molecular weight excluding hydrogens is 430 g/mol. The highest BCUT2D eigenvalue weighted by Gasteiger charge is 2.18. The van der Waals surface area contributed by atoms with Crippen molar-refractivity contribution < 1.29 is 4.79 Å². The van der Waals surface area contributed by atoms with Gasteiger partial charge in [-0.1, -0.05) is 42.8 Å². The van der Waals surface area contributed by atoms with Crippen LogP contribution in [0.5, 0.6) is 0 Å². The summed E-state index contributed by atoms with van der Waals surface area (Å²) in [6.45, 7) is 8.73. The van der Waals surface area contributed by atoms with Gasteiger partial charge in [-0.25, -0.2) is 0 Å². The van der Waals surface area contributed by atoms with Crippen molar-refractivity contribution in [3.05, 3.63) is 50.6 Å². The van der Waals surface area contributed by atoms with Gasteiger partial charge in [0, 0.05) is 12.2 Å². The second kappa shape index (κ2) is 8.84. The monoisotopic (exact) mass is 455 g/mol. The van der Waals surface area contributed by atoms with E-state index in [9.17, 15) is 9.59 Å². The molecule has 0 aliphatic heterocycles. The smallest absolute Gasteiger partial charge is 0.272 e. The number of fused-ring (bicyclic) bond motifs is 3. The SMILES string of the molecule is CCCCn1c(=O)c2sccc2n2c(SCC(=O)Nc3c(C)cc(C)cc3C)nnc12. The number of nitrogens with one attached hydrogen (secondary N) is 1. The van der Waals surface area contributed by atoms with Crippen molar-refractivity contribution in [1.29, 1.82) is 0 Å². The van der Waals surface area contributed by atoms with Gasteiger partial charge in [-0.3, -0.25) is 18.6 Å². The Kier molecular flexibility index (Phi) is 6.15. The van der Waals surface area contributed by atoms with Crippen LogP contribution in [0.1, 0.15) is 36.5 Å². The Morgan fingerprint density at radius 1 is 1.19 bits per heavy atom. The van der Waals surface area contributed by atoms with Crippen LogP contribution in [0, 0.1) is 20.8 Å². The van der Waals surface area contributed by atoms with E-state index in [4.69, 9.17) is 0 Å². The molecule has 0 spiro atoms. The number of thioether (sulfide) groups is 1. The molecule has 7 nitrogen and oxygen atoms in total. The molecule has 4 rings (SSSR count). The summed E-state index contributed by atoms with van der Waals surface area (Å²) >= 11 is 2.74. The lowest BCUT2D eigenvalue weighted by Gasteiger charge is -2.12. The van der Waals surface area contributed by atoms with E-state index in [1.165, 1.54) is 28.7 Å². The van der Waals surface area contributed by atoms with Crippen molar-refractivity contribution in [2.45, 2.75) is 52.2 Å². The fourth-order valence-corrected chi connectivity index (χ4v) is 5.36. The predicted molar refractivity (Wildman–Crippen MR) is 128 cm³/mol. The molecule has 162 valence electrons. The quantitative estimate of drug-likeness (QED) is 0.413. The van der Waals surface area contributed by atoms with Gasteiger partial charge in [0.1, 0.15) is 4.70 Å². The standard InChI is InChI=1S/C22H25N5O2S2/c1-5-6-8-26-20(29)19-16(7-9-30-19)27-21(26)24-25-22(27)31-12-17(28)23-18-14(3)10-13(2)11-15(18)4/h7,9-11H,5-6,8,12H2,1-4H3,(H,23,28). The normalized spacial score (nSPS) is 11.5. The minimum atomic E-state index is -0.0994.